The van der Waals surface area contributed by atoms with Gasteiger partial charge in [0.25, 0.3) is 0 Å². The maximum Gasteiger partial charge on any atom is 0.133 e. The van der Waals surface area contributed by atoms with Gasteiger partial charge in [0.1, 0.15) is 10.8 Å². The highest BCUT2D eigenvalue weighted by Gasteiger charge is 2.12. The van der Waals surface area contributed by atoms with Crippen LogP contribution in [0.1, 0.15) is 5.01 Å². The van der Waals surface area contributed by atoms with Gasteiger partial charge in [0.15, 0.2) is 0 Å². The van der Waals surface area contributed by atoms with Crippen molar-refractivity contribution in [1.29, 1.82) is 0 Å². The number of thiazole rings is 1. The molecule has 0 bridgehead atoms. The Hall–Kier alpha value is -0.970. The molecular formula is C10H7ClFNOS. The smallest absolute Gasteiger partial charge is 0.133 e. The lowest BCUT2D eigenvalue weighted by Gasteiger charge is -2.01. The Morgan fingerprint density at radius 1 is 1.47 bits per heavy atom. The molecule has 2 rings (SSSR count). The van der Waals surface area contributed by atoms with Gasteiger partial charge in [-0.25, -0.2) is 9.37 Å². The summed E-state index contributed by atoms with van der Waals surface area (Å²) in [4.78, 5) is 4.56. The summed E-state index contributed by atoms with van der Waals surface area (Å²) in [5, 5.41) is 9.75. The first-order chi connectivity index (χ1) is 7.22. The fraction of sp³-hybridized carbons (Fsp3) is 0.100. The van der Waals surface area contributed by atoms with Gasteiger partial charge in [-0.1, -0.05) is 17.7 Å². The molecule has 1 aromatic heterocycles. The molecule has 0 aliphatic carbocycles. The van der Waals surface area contributed by atoms with Crippen LogP contribution in [0.4, 0.5) is 4.39 Å². The van der Waals surface area contributed by atoms with E-state index in [0.29, 0.717) is 20.5 Å². The van der Waals surface area contributed by atoms with E-state index >= 15 is 0 Å². The van der Waals surface area contributed by atoms with Gasteiger partial charge >= 0.3 is 0 Å². The molecule has 15 heavy (non-hydrogen) atoms. The van der Waals surface area contributed by atoms with Crippen LogP contribution in [0.3, 0.4) is 0 Å². The van der Waals surface area contributed by atoms with Gasteiger partial charge in [-0.15, -0.1) is 11.3 Å². The van der Waals surface area contributed by atoms with Gasteiger partial charge in [0, 0.05) is 11.8 Å². The van der Waals surface area contributed by atoms with E-state index in [2.05, 4.69) is 4.98 Å². The number of benzene rings is 1. The Kier molecular flexibility index (Phi) is 3.00. The summed E-state index contributed by atoms with van der Waals surface area (Å²) in [7, 11) is 0. The van der Waals surface area contributed by atoms with Crippen molar-refractivity contribution < 1.29 is 9.50 Å². The van der Waals surface area contributed by atoms with E-state index in [-0.39, 0.29) is 12.4 Å². The SMILES string of the molecule is OCc1ncc(-c2c(F)cccc2Cl)s1. The minimum atomic E-state index is -0.379. The number of halogens is 2. The summed E-state index contributed by atoms with van der Waals surface area (Å²) in [6.07, 6.45) is 1.51. The number of rotatable bonds is 2. The van der Waals surface area contributed by atoms with Crippen molar-refractivity contribution in [2.45, 2.75) is 6.61 Å². The zero-order valence-corrected chi connectivity index (χ0v) is 9.15. The van der Waals surface area contributed by atoms with Crippen LogP contribution in [0.2, 0.25) is 5.02 Å². The zero-order chi connectivity index (χ0) is 10.8. The minimum absolute atomic E-state index is 0.142. The Morgan fingerprint density at radius 3 is 2.87 bits per heavy atom. The topological polar surface area (TPSA) is 33.1 Å². The molecule has 0 unspecified atom stereocenters. The van der Waals surface area contributed by atoms with Gasteiger partial charge in [0.2, 0.25) is 0 Å². The maximum absolute atomic E-state index is 13.5. The third-order valence-corrected chi connectivity index (χ3v) is 3.21. The Bertz CT molecular complexity index is 466. The summed E-state index contributed by atoms with van der Waals surface area (Å²) >= 11 is 7.12. The zero-order valence-electron chi connectivity index (χ0n) is 7.58. The molecular weight excluding hydrogens is 237 g/mol. The number of hydrogen-bond donors (Lipinski definition) is 1. The lowest BCUT2D eigenvalue weighted by atomic mass is 10.2. The summed E-state index contributed by atoms with van der Waals surface area (Å²) in [5.41, 5.74) is 0.344. The van der Waals surface area contributed by atoms with Crippen LogP contribution in [-0.2, 0) is 6.61 Å². The fourth-order valence-electron chi connectivity index (χ4n) is 1.23. The third-order valence-electron chi connectivity index (χ3n) is 1.90. The van der Waals surface area contributed by atoms with Gasteiger partial charge < -0.3 is 5.11 Å². The van der Waals surface area contributed by atoms with E-state index in [1.54, 1.807) is 12.1 Å². The Balaban J connectivity index is 2.53. The number of nitrogens with zero attached hydrogens (tertiary/aromatic N) is 1. The third kappa shape index (κ3) is 2.02. The van der Waals surface area contributed by atoms with E-state index in [1.165, 1.54) is 23.6 Å². The second-order valence-corrected chi connectivity index (χ2v) is 4.40. The monoisotopic (exact) mass is 243 g/mol. The summed E-state index contributed by atoms with van der Waals surface area (Å²) in [5.74, 6) is -0.379. The molecule has 0 saturated carbocycles. The number of aromatic nitrogens is 1. The van der Waals surface area contributed by atoms with E-state index in [0.717, 1.165) is 0 Å². The highest BCUT2D eigenvalue weighted by molar-refractivity contribution is 7.15. The van der Waals surface area contributed by atoms with Crippen LogP contribution in [0.5, 0.6) is 0 Å². The average Bonchev–Trinajstić information content (AvgIpc) is 2.66. The number of hydrogen-bond acceptors (Lipinski definition) is 3. The molecule has 0 amide bonds. The van der Waals surface area contributed by atoms with Crippen molar-refractivity contribution in [3.8, 4) is 10.4 Å². The van der Waals surface area contributed by atoms with Crippen molar-refractivity contribution >= 4 is 22.9 Å². The van der Waals surface area contributed by atoms with Crippen molar-refractivity contribution in [3.63, 3.8) is 0 Å². The van der Waals surface area contributed by atoms with E-state index in [9.17, 15) is 4.39 Å². The van der Waals surface area contributed by atoms with Crippen molar-refractivity contribution in [1.82, 2.24) is 4.98 Å². The van der Waals surface area contributed by atoms with Crippen molar-refractivity contribution in [3.05, 3.63) is 40.2 Å². The summed E-state index contributed by atoms with van der Waals surface area (Å²) < 4.78 is 13.5. The molecule has 0 aliphatic heterocycles. The summed E-state index contributed by atoms with van der Waals surface area (Å²) in [6.45, 7) is -0.142. The summed E-state index contributed by atoms with van der Waals surface area (Å²) in [6, 6.07) is 4.52. The van der Waals surface area contributed by atoms with Crippen LogP contribution in [0.25, 0.3) is 10.4 Å². The minimum Gasteiger partial charge on any atom is -0.389 e. The first kappa shape index (κ1) is 10.5. The molecule has 2 nitrogen and oxygen atoms in total. The molecule has 2 aromatic rings. The quantitative estimate of drug-likeness (QED) is 0.879. The van der Waals surface area contributed by atoms with Crippen molar-refractivity contribution in [2.24, 2.45) is 0 Å². The van der Waals surface area contributed by atoms with Gasteiger partial charge in [-0.05, 0) is 12.1 Å². The molecule has 1 aromatic carbocycles. The molecule has 0 radical (unpaired) electrons. The lowest BCUT2D eigenvalue weighted by Crippen LogP contribution is -1.81. The lowest BCUT2D eigenvalue weighted by molar-refractivity contribution is 0.281. The highest BCUT2D eigenvalue weighted by atomic mass is 35.5. The maximum atomic E-state index is 13.5. The first-order valence-electron chi connectivity index (χ1n) is 4.22. The number of aliphatic hydroxyl groups excluding tert-OH is 1. The molecule has 0 spiro atoms. The molecule has 1 heterocycles. The first-order valence-corrected chi connectivity index (χ1v) is 5.41. The van der Waals surface area contributed by atoms with Gasteiger partial charge in [0.05, 0.1) is 16.5 Å². The predicted octanol–water partition coefficient (Wildman–Crippen LogP) is 3.09. The molecule has 0 atom stereocenters. The van der Waals surface area contributed by atoms with Crippen LogP contribution in [0, 0.1) is 5.82 Å². The average molecular weight is 244 g/mol. The fourth-order valence-corrected chi connectivity index (χ4v) is 2.39. The van der Waals surface area contributed by atoms with E-state index in [1.807, 2.05) is 0 Å². The van der Waals surface area contributed by atoms with Crippen molar-refractivity contribution in [2.75, 3.05) is 0 Å². The predicted molar refractivity (Wildman–Crippen MR) is 58.4 cm³/mol. The molecule has 0 fully saturated rings. The molecule has 1 N–H and O–H groups in total. The van der Waals surface area contributed by atoms with Crippen LogP contribution < -0.4 is 0 Å². The second-order valence-electron chi connectivity index (χ2n) is 2.87. The standard InChI is InChI=1S/C10H7ClFNOS/c11-6-2-1-3-7(12)10(6)8-4-13-9(5-14)15-8/h1-4,14H,5H2. The highest BCUT2D eigenvalue weighted by Crippen LogP contribution is 2.34. The van der Waals surface area contributed by atoms with E-state index < -0.39 is 0 Å². The van der Waals surface area contributed by atoms with Gasteiger partial charge in [-0.2, -0.15) is 0 Å². The molecule has 0 saturated heterocycles. The molecule has 5 heteroatoms. The Morgan fingerprint density at radius 2 is 2.27 bits per heavy atom. The normalized spacial score (nSPS) is 10.6. The van der Waals surface area contributed by atoms with Gasteiger partial charge in [-0.3, -0.25) is 0 Å². The largest absolute Gasteiger partial charge is 0.389 e. The van der Waals surface area contributed by atoms with Crippen LogP contribution in [0.15, 0.2) is 24.4 Å². The second kappa shape index (κ2) is 4.26. The number of aliphatic hydroxyl groups is 1. The molecule has 78 valence electrons. The van der Waals surface area contributed by atoms with Crippen LogP contribution in [-0.4, -0.2) is 10.1 Å². The van der Waals surface area contributed by atoms with E-state index in [4.69, 9.17) is 16.7 Å². The molecule has 0 aliphatic rings. The Labute approximate surface area is 95.0 Å². The van der Waals surface area contributed by atoms with Crippen LogP contribution >= 0.6 is 22.9 Å².